The number of likely N-dealkylation sites (tertiary alicyclic amines) is 1. The lowest BCUT2D eigenvalue weighted by Gasteiger charge is -2.30. The van der Waals surface area contributed by atoms with Gasteiger partial charge in [-0.1, -0.05) is 24.3 Å². The number of aryl methyl sites for hydroxylation is 1. The summed E-state index contributed by atoms with van der Waals surface area (Å²) in [5.74, 6) is 6.17. The Hall–Kier alpha value is -4.48. The molecule has 214 valence electrons. The van der Waals surface area contributed by atoms with Crippen LogP contribution in [0.2, 0.25) is 0 Å². The molecule has 8 nitrogen and oxygen atoms in total. The second kappa shape index (κ2) is 11.8. The first kappa shape index (κ1) is 27.7. The number of anilines is 1. The highest BCUT2D eigenvalue weighted by atomic mass is 16.2. The Labute approximate surface area is 246 Å². The molecule has 0 bridgehead atoms. The Morgan fingerprint density at radius 3 is 2.83 bits per heavy atom. The molecule has 1 atom stereocenters. The molecule has 1 unspecified atom stereocenters. The van der Waals surface area contributed by atoms with Gasteiger partial charge in [-0.05, 0) is 81.1 Å². The monoisotopic (exact) mass is 560 g/mol. The highest BCUT2D eigenvalue weighted by molar-refractivity contribution is 6.00. The minimum absolute atomic E-state index is 0.0622. The van der Waals surface area contributed by atoms with Crippen LogP contribution in [-0.4, -0.2) is 69.5 Å². The predicted octanol–water partition coefficient (Wildman–Crippen LogP) is 5.02. The number of H-pyrrole nitrogens is 1. The smallest absolute Gasteiger partial charge is 0.237 e. The number of rotatable bonds is 7. The molecule has 1 fully saturated rings. The van der Waals surface area contributed by atoms with Gasteiger partial charge in [-0.2, -0.15) is 5.10 Å². The summed E-state index contributed by atoms with van der Waals surface area (Å²) in [6, 6.07) is 9.73. The zero-order valence-electron chi connectivity index (χ0n) is 24.2. The van der Waals surface area contributed by atoms with E-state index in [-0.39, 0.29) is 11.8 Å². The summed E-state index contributed by atoms with van der Waals surface area (Å²) in [7, 11) is 0. The van der Waals surface area contributed by atoms with Crippen LogP contribution in [0.4, 0.5) is 5.69 Å². The van der Waals surface area contributed by atoms with E-state index in [2.05, 4.69) is 61.5 Å². The van der Waals surface area contributed by atoms with Crippen molar-refractivity contribution in [2.75, 3.05) is 38.0 Å². The largest absolute Gasteiger partial charge is 0.338 e. The van der Waals surface area contributed by atoms with Crippen molar-refractivity contribution in [1.82, 2.24) is 25.0 Å². The number of fused-ring (bicyclic) bond motifs is 1. The summed E-state index contributed by atoms with van der Waals surface area (Å²) in [4.78, 5) is 35.4. The van der Waals surface area contributed by atoms with Gasteiger partial charge in [0, 0.05) is 54.6 Å². The lowest BCUT2D eigenvalue weighted by Crippen LogP contribution is -2.44. The van der Waals surface area contributed by atoms with Crippen LogP contribution in [-0.2, 0) is 9.59 Å². The van der Waals surface area contributed by atoms with Crippen molar-refractivity contribution < 1.29 is 9.59 Å². The minimum Gasteiger partial charge on any atom is -0.338 e. The van der Waals surface area contributed by atoms with E-state index in [0.29, 0.717) is 44.7 Å². The minimum atomic E-state index is -0.685. The van der Waals surface area contributed by atoms with Gasteiger partial charge in [-0.3, -0.25) is 24.6 Å². The summed E-state index contributed by atoms with van der Waals surface area (Å²) in [5, 5.41) is 11.7. The molecule has 1 saturated heterocycles. The molecule has 3 aromatic rings. The van der Waals surface area contributed by atoms with Gasteiger partial charge >= 0.3 is 0 Å². The van der Waals surface area contributed by atoms with E-state index < -0.39 is 5.41 Å². The Morgan fingerprint density at radius 2 is 2.07 bits per heavy atom. The van der Waals surface area contributed by atoms with Gasteiger partial charge in [0.2, 0.25) is 11.8 Å². The Kier molecular flexibility index (Phi) is 7.77. The fraction of sp³-hybridized carbons (Fsp3) is 0.353. The number of benzene rings is 1. The van der Waals surface area contributed by atoms with Crippen molar-refractivity contribution in [3.8, 4) is 23.1 Å². The Balaban J connectivity index is 1.14. The Bertz CT molecular complexity index is 1690. The quantitative estimate of drug-likeness (QED) is 0.396. The average Bonchev–Trinajstić information content (AvgIpc) is 3.77. The maximum absolute atomic E-state index is 13.9. The molecular formula is C34H36N6O2. The SMILES string of the molecule is CC#CCC1(C(=O)Nc2ccc3[nH]nc(-c4ccnc(C)c4)c3c2)CCN(CC(=O)N2CC=C(C3=CCC=C3)CC2)C1. The van der Waals surface area contributed by atoms with Crippen LogP contribution in [0.5, 0.6) is 0 Å². The zero-order valence-corrected chi connectivity index (χ0v) is 24.2. The van der Waals surface area contributed by atoms with Crippen LogP contribution in [0, 0.1) is 24.2 Å². The second-order valence-corrected chi connectivity index (χ2v) is 11.4. The van der Waals surface area contributed by atoms with Crippen molar-refractivity contribution in [2.24, 2.45) is 5.41 Å². The van der Waals surface area contributed by atoms with E-state index in [4.69, 9.17) is 0 Å². The molecule has 3 aliphatic rings. The molecule has 0 spiro atoms. The molecule has 1 aromatic carbocycles. The number of hydrogen-bond acceptors (Lipinski definition) is 5. The molecule has 6 rings (SSSR count). The molecule has 8 heteroatoms. The summed E-state index contributed by atoms with van der Waals surface area (Å²) in [6.45, 7) is 6.62. The number of nitrogens with one attached hydrogen (secondary N) is 2. The van der Waals surface area contributed by atoms with Gasteiger partial charge in [0.05, 0.1) is 17.5 Å². The fourth-order valence-corrected chi connectivity index (χ4v) is 6.17. The maximum atomic E-state index is 13.9. The number of pyridine rings is 1. The van der Waals surface area contributed by atoms with Crippen molar-refractivity contribution >= 4 is 28.4 Å². The van der Waals surface area contributed by atoms with Gasteiger partial charge in [0.25, 0.3) is 0 Å². The molecule has 0 saturated carbocycles. The topological polar surface area (TPSA) is 94.2 Å². The van der Waals surface area contributed by atoms with E-state index in [1.165, 1.54) is 11.1 Å². The van der Waals surface area contributed by atoms with Crippen molar-refractivity contribution in [2.45, 2.75) is 39.5 Å². The van der Waals surface area contributed by atoms with Crippen LogP contribution in [0.3, 0.4) is 0 Å². The van der Waals surface area contributed by atoms with Crippen LogP contribution < -0.4 is 5.32 Å². The molecule has 42 heavy (non-hydrogen) atoms. The van der Waals surface area contributed by atoms with Crippen molar-refractivity contribution in [3.05, 3.63) is 77.7 Å². The van der Waals surface area contributed by atoms with Crippen LogP contribution in [0.15, 0.2) is 72.0 Å². The number of amides is 2. The zero-order chi connectivity index (χ0) is 29.1. The number of carbonyl (C=O) groups is 2. The standard InChI is InChI=1S/C34H36N6O2/c1-3-4-14-34(15-19-39(23-34)22-31(41)40-17-12-26(13-18-40)25-7-5-6-8-25)33(42)36-28-9-10-30-29(21-28)32(38-37-30)27-11-16-35-24(2)20-27/h5,7-12,16,20-21H,6,13-15,17-19,22-23H2,1-2H3,(H,36,42)(H,37,38). The van der Waals surface area contributed by atoms with Gasteiger partial charge in [0.1, 0.15) is 5.69 Å². The summed E-state index contributed by atoms with van der Waals surface area (Å²) >= 11 is 0. The van der Waals surface area contributed by atoms with E-state index in [0.717, 1.165) is 47.2 Å². The van der Waals surface area contributed by atoms with Gasteiger partial charge in [-0.15, -0.1) is 11.8 Å². The third-order valence-electron chi connectivity index (χ3n) is 8.57. The molecule has 2 amide bonds. The fourth-order valence-electron chi connectivity index (χ4n) is 6.17. The molecule has 2 aromatic heterocycles. The van der Waals surface area contributed by atoms with Crippen LogP contribution in [0.1, 0.15) is 38.3 Å². The van der Waals surface area contributed by atoms with E-state index in [1.54, 1.807) is 13.1 Å². The third-order valence-corrected chi connectivity index (χ3v) is 8.57. The summed E-state index contributed by atoms with van der Waals surface area (Å²) in [5.41, 5.74) is 6.25. The van der Waals surface area contributed by atoms with Gasteiger partial charge in [0.15, 0.2) is 0 Å². The van der Waals surface area contributed by atoms with Crippen molar-refractivity contribution in [1.29, 1.82) is 0 Å². The lowest BCUT2D eigenvalue weighted by atomic mass is 9.82. The molecule has 1 aliphatic carbocycles. The molecule has 0 radical (unpaired) electrons. The lowest BCUT2D eigenvalue weighted by molar-refractivity contribution is -0.132. The number of allylic oxidation sites excluding steroid dienone is 4. The number of aromatic nitrogens is 3. The van der Waals surface area contributed by atoms with Crippen LogP contribution in [0.25, 0.3) is 22.2 Å². The highest BCUT2D eigenvalue weighted by Crippen LogP contribution is 2.36. The Morgan fingerprint density at radius 1 is 1.17 bits per heavy atom. The van der Waals surface area contributed by atoms with E-state index in [9.17, 15) is 9.59 Å². The van der Waals surface area contributed by atoms with Gasteiger partial charge in [-0.25, -0.2) is 0 Å². The molecule has 2 aliphatic heterocycles. The summed E-state index contributed by atoms with van der Waals surface area (Å²) in [6.07, 6.45) is 13.5. The highest BCUT2D eigenvalue weighted by Gasteiger charge is 2.44. The summed E-state index contributed by atoms with van der Waals surface area (Å²) < 4.78 is 0. The first-order chi connectivity index (χ1) is 20.4. The van der Waals surface area contributed by atoms with Crippen molar-refractivity contribution in [3.63, 3.8) is 0 Å². The second-order valence-electron chi connectivity index (χ2n) is 11.4. The predicted molar refractivity (Wildman–Crippen MR) is 165 cm³/mol. The molecule has 2 N–H and O–H groups in total. The molecule has 4 heterocycles. The maximum Gasteiger partial charge on any atom is 0.237 e. The number of nitrogens with zero attached hydrogens (tertiary/aromatic N) is 4. The normalized spacial score (nSPS) is 20.3. The number of carbonyl (C=O) groups excluding carboxylic acids is 2. The van der Waals surface area contributed by atoms with Crippen LogP contribution >= 0.6 is 0 Å². The van der Waals surface area contributed by atoms with E-state index in [1.807, 2.05) is 42.2 Å². The first-order valence-corrected chi connectivity index (χ1v) is 14.6. The van der Waals surface area contributed by atoms with E-state index >= 15 is 0 Å². The van der Waals surface area contributed by atoms with Gasteiger partial charge < -0.3 is 10.2 Å². The number of hydrogen-bond donors (Lipinski definition) is 2. The molecular weight excluding hydrogens is 524 g/mol. The number of aromatic amines is 1. The average molecular weight is 561 g/mol. The third kappa shape index (κ3) is 5.65. The first-order valence-electron chi connectivity index (χ1n) is 14.6.